The lowest BCUT2D eigenvalue weighted by molar-refractivity contribution is -0.159. The van der Waals surface area contributed by atoms with Crippen molar-refractivity contribution in [2.24, 2.45) is 11.8 Å². The van der Waals surface area contributed by atoms with Crippen LogP contribution in [0, 0.1) is 17.7 Å². The molecule has 3 aromatic rings. The van der Waals surface area contributed by atoms with Gasteiger partial charge in [0.2, 0.25) is 0 Å². The third-order valence-corrected chi connectivity index (χ3v) is 7.36. The minimum atomic E-state index is -0.960. The highest BCUT2D eigenvalue weighted by Gasteiger charge is 2.28. The molecule has 0 aliphatic heterocycles. The molecule has 4 nitrogen and oxygen atoms in total. The summed E-state index contributed by atoms with van der Waals surface area (Å²) in [6.07, 6.45) is 8.04. The van der Waals surface area contributed by atoms with Gasteiger partial charge in [-0.25, -0.2) is 4.39 Å². The summed E-state index contributed by atoms with van der Waals surface area (Å²) in [5, 5.41) is 0. The van der Waals surface area contributed by atoms with Crippen molar-refractivity contribution in [3.8, 4) is 11.1 Å². The molecule has 0 heterocycles. The van der Waals surface area contributed by atoms with E-state index in [9.17, 15) is 9.59 Å². The Bertz CT molecular complexity index is 1260. The average molecular weight is 621 g/mol. The van der Waals surface area contributed by atoms with Crippen LogP contribution in [0.15, 0.2) is 60.7 Å². The number of ether oxygens (including phenoxy) is 2. The maximum absolute atomic E-state index is 15.3. The molecule has 0 aliphatic rings. The van der Waals surface area contributed by atoms with E-state index in [1.54, 1.807) is 6.07 Å². The molecule has 0 radical (unpaired) electrons. The molecule has 3 aromatic carbocycles. The molecule has 0 fully saturated rings. The van der Waals surface area contributed by atoms with Crippen LogP contribution in [0.2, 0.25) is 0 Å². The van der Waals surface area contributed by atoms with Gasteiger partial charge in [-0.3, -0.25) is 9.59 Å². The van der Waals surface area contributed by atoms with Crippen LogP contribution < -0.4 is 0 Å². The number of carbonyl (C=O) groups is 2. The smallest absolute Gasteiger partial charge is 0.320 e. The molecule has 0 aliphatic carbocycles. The van der Waals surface area contributed by atoms with Gasteiger partial charge in [-0.2, -0.15) is 0 Å². The van der Waals surface area contributed by atoms with E-state index in [0.29, 0.717) is 12.0 Å². The zero-order valence-electron chi connectivity index (χ0n) is 29.3. The number of hydrogen-bond acceptors (Lipinski definition) is 4. The minimum absolute atomic E-state index is 0.224. The van der Waals surface area contributed by atoms with E-state index in [1.165, 1.54) is 44.6 Å². The largest absolute Gasteiger partial charge is 0.468 e. The second-order valence-electron chi connectivity index (χ2n) is 11.8. The number of aryl methyl sites for hydroxylation is 5. The molecule has 0 spiro atoms. The molecular weight excluding hydrogens is 563 g/mol. The Kier molecular flexibility index (Phi) is 19.4. The fourth-order valence-corrected chi connectivity index (χ4v) is 4.96. The van der Waals surface area contributed by atoms with Crippen LogP contribution in [-0.2, 0) is 51.2 Å². The van der Waals surface area contributed by atoms with Gasteiger partial charge < -0.3 is 9.47 Å². The predicted octanol–water partition coefficient (Wildman–Crippen LogP) is 10.2. The second-order valence-corrected chi connectivity index (χ2v) is 11.8. The van der Waals surface area contributed by atoms with E-state index in [4.69, 9.17) is 9.47 Å². The standard InChI is InChI=1S/C34H41FO4.C4H10.C2H6/c1-5-7-8-9-24-10-12-25(13-11-24)14-15-27-17-20-30(32(35)23-27)29-19-16-26(22-28(29)6-2)18-21-31(33(36)38-3)34(37)39-4;1-4(2)3;1-2/h10-13,16-17,19-20,22-23,31H,5-9,14-15,18,21H2,1-4H3;4H,1-3H3;1-2H3. The van der Waals surface area contributed by atoms with E-state index in [0.717, 1.165) is 53.9 Å². The Labute approximate surface area is 272 Å². The maximum atomic E-state index is 15.3. The molecule has 248 valence electrons. The number of benzene rings is 3. The van der Waals surface area contributed by atoms with Gasteiger partial charge >= 0.3 is 11.9 Å². The number of unbranched alkanes of at least 4 members (excludes halogenated alkanes) is 2. The van der Waals surface area contributed by atoms with Crippen LogP contribution in [0.5, 0.6) is 0 Å². The molecule has 0 unspecified atom stereocenters. The predicted molar refractivity (Wildman–Crippen MR) is 186 cm³/mol. The van der Waals surface area contributed by atoms with Crippen molar-refractivity contribution in [3.05, 3.63) is 94.3 Å². The average Bonchev–Trinajstić information content (AvgIpc) is 3.05. The van der Waals surface area contributed by atoms with Crippen LogP contribution in [0.3, 0.4) is 0 Å². The fourth-order valence-electron chi connectivity index (χ4n) is 4.96. The van der Waals surface area contributed by atoms with Gasteiger partial charge in [0.15, 0.2) is 5.92 Å². The van der Waals surface area contributed by atoms with Crippen molar-refractivity contribution >= 4 is 11.9 Å². The normalized spacial score (nSPS) is 10.5. The van der Waals surface area contributed by atoms with E-state index < -0.39 is 17.9 Å². The summed E-state index contributed by atoms with van der Waals surface area (Å²) in [5.41, 5.74) is 7.07. The quantitative estimate of drug-likeness (QED) is 0.102. The second kappa shape index (κ2) is 22.1. The van der Waals surface area contributed by atoms with Crippen LogP contribution in [0.4, 0.5) is 4.39 Å². The van der Waals surface area contributed by atoms with E-state index in [1.807, 2.05) is 51.1 Å². The molecule has 5 heteroatoms. The van der Waals surface area contributed by atoms with Crippen molar-refractivity contribution in [1.29, 1.82) is 0 Å². The molecule has 3 rings (SSSR count). The Hall–Kier alpha value is -3.47. The van der Waals surface area contributed by atoms with Gasteiger partial charge in [0, 0.05) is 5.56 Å². The summed E-state index contributed by atoms with van der Waals surface area (Å²) in [7, 11) is 2.52. The maximum Gasteiger partial charge on any atom is 0.320 e. The van der Waals surface area contributed by atoms with Crippen molar-refractivity contribution < 1.29 is 23.5 Å². The third-order valence-electron chi connectivity index (χ3n) is 7.36. The number of esters is 2. The number of hydrogen-bond donors (Lipinski definition) is 0. The Morgan fingerprint density at radius 2 is 1.13 bits per heavy atom. The van der Waals surface area contributed by atoms with Gasteiger partial charge in [-0.1, -0.05) is 116 Å². The third kappa shape index (κ3) is 14.0. The summed E-state index contributed by atoms with van der Waals surface area (Å²) >= 11 is 0. The lowest BCUT2D eigenvalue weighted by atomic mass is 9.92. The van der Waals surface area contributed by atoms with Crippen LogP contribution in [-0.4, -0.2) is 26.2 Å². The highest BCUT2D eigenvalue weighted by molar-refractivity contribution is 5.94. The van der Waals surface area contributed by atoms with Gasteiger partial charge in [-0.05, 0) is 90.3 Å². The summed E-state index contributed by atoms with van der Waals surface area (Å²) < 4.78 is 24.8. The van der Waals surface area contributed by atoms with Gasteiger partial charge in [0.25, 0.3) is 0 Å². The summed E-state index contributed by atoms with van der Waals surface area (Å²) in [5.74, 6) is -1.55. The number of rotatable bonds is 14. The van der Waals surface area contributed by atoms with Gasteiger partial charge in [0.05, 0.1) is 14.2 Å². The first-order chi connectivity index (χ1) is 21.6. The van der Waals surface area contributed by atoms with Gasteiger partial charge in [-0.15, -0.1) is 0 Å². The molecule has 0 atom stereocenters. The summed E-state index contributed by atoms with van der Waals surface area (Å²) in [4.78, 5) is 24.0. The highest BCUT2D eigenvalue weighted by Crippen LogP contribution is 2.29. The number of carbonyl (C=O) groups excluding carboxylic acids is 2. The molecule has 0 amide bonds. The first kappa shape index (κ1) is 39.6. The molecule has 0 saturated heterocycles. The van der Waals surface area contributed by atoms with Crippen LogP contribution in [0.1, 0.15) is 102 Å². The summed E-state index contributed by atoms with van der Waals surface area (Å²) in [6.45, 7) is 14.8. The molecule has 45 heavy (non-hydrogen) atoms. The van der Waals surface area contributed by atoms with Crippen LogP contribution >= 0.6 is 0 Å². The molecule has 0 aromatic heterocycles. The first-order valence-corrected chi connectivity index (χ1v) is 16.8. The minimum Gasteiger partial charge on any atom is -0.468 e. The van der Waals surface area contributed by atoms with Crippen molar-refractivity contribution in [2.75, 3.05) is 14.2 Å². The lowest BCUT2D eigenvalue weighted by Gasteiger charge is -2.15. The molecule has 0 N–H and O–H groups in total. The van der Waals surface area contributed by atoms with Crippen molar-refractivity contribution in [3.63, 3.8) is 0 Å². The Morgan fingerprint density at radius 1 is 0.667 bits per heavy atom. The summed E-state index contributed by atoms with van der Waals surface area (Å²) in [6, 6.07) is 20.3. The lowest BCUT2D eigenvalue weighted by Crippen LogP contribution is -2.27. The van der Waals surface area contributed by atoms with E-state index in [-0.39, 0.29) is 12.2 Å². The van der Waals surface area contributed by atoms with E-state index >= 15 is 4.39 Å². The SMILES string of the molecule is CC.CC(C)C.CCCCCc1ccc(CCc2ccc(-c3ccc(CCC(C(=O)OC)C(=O)OC)cc3CC)c(F)c2)cc1. The molecular formula is C40H57FO4. The number of methoxy groups -OCH3 is 2. The first-order valence-electron chi connectivity index (χ1n) is 16.8. The monoisotopic (exact) mass is 620 g/mol. The van der Waals surface area contributed by atoms with Crippen molar-refractivity contribution in [2.45, 2.75) is 106 Å². The van der Waals surface area contributed by atoms with Crippen LogP contribution in [0.25, 0.3) is 11.1 Å². The zero-order chi connectivity index (χ0) is 33.8. The van der Waals surface area contributed by atoms with E-state index in [2.05, 4.69) is 52.0 Å². The van der Waals surface area contributed by atoms with Gasteiger partial charge in [0.1, 0.15) is 5.82 Å². The topological polar surface area (TPSA) is 52.6 Å². The van der Waals surface area contributed by atoms with Crippen molar-refractivity contribution in [1.82, 2.24) is 0 Å². The number of halogens is 1. The Morgan fingerprint density at radius 3 is 1.62 bits per heavy atom. The highest BCUT2D eigenvalue weighted by atomic mass is 19.1. The fraction of sp³-hybridized carbons (Fsp3) is 0.500. The Balaban J connectivity index is 0.00000156. The zero-order valence-corrected chi connectivity index (χ0v) is 29.3. The molecule has 0 saturated carbocycles. The molecule has 0 bridgehead atoms.